The van der Waals surface area contributed by atoms with E-state index in [1.807, 2.05) is 0 Å². The summed E-state index contributed by atoms with van der Waals surface area (Å²) in [5.41, 5.74) is 6.22. The summed E-state index contributed by atoms with van der Waals surface area (Å²) in [6, 6.07) is 7.76. The van der Waals surface area contributed by atoms with E-state index in [0.717, 1.165) is 18.2 Å². The molecule has 2 aromatic carbocycles. The van der Waals surface area contributed by atoms with E-state index in [9.17, 15) is 13.6 Å². The minimum atomic E-state index is -0.624. The van der Waals surface area contributed by atoms with E-state index in [-0.39, 0.29) is 23.2 Å². The van der Waals surface area contributed by atoms with Crippen molar-refractivity contribution >= 4 is 11.5 Å². The number of anilines is 1. The van der Waals surface area contributed by atoms with Crippen molar-refractivity contribution in [2.45, 2.75) is 6.42 Å². The molecule has 0 spiro atoms. The minimum absolute atomic E-state index is 0.00257. The second-order valence-corrected chi connectivity index (χ2v) is 4.26. The summed E-state index contributed by atoms with van der Waals surface area (Å²) in [7, 11) is 1.44. The van der Waals surface area contributed by atoms with Crippen molar-refractivity contribution in [2.24, 2.45) is 0 Å². The first-order valence-electron chi connectivity index (χ1n) is 5.92. The van der Waals surface area contributed by atoms with Crippen LogP contribution in [0.5, 0.6) is 5.75 Å². The minimum Gasteiger partial charge on any atom is -0.495 e. The van der Waals surface area contributed by atoms with E-state index in [0.29, 0.717) is 5.75 Å². The van der Waals surface area contributed by atoms with Crippen LogP contribution in [-0.2, 0) is 6.42 Å². The number of nitrogens with two attached hydrogens (primary N) is 1. The lowest BCUT2D eigenvalue weighted by Gasteiger charge is -2.09. The van der Waals surface area contributed by atoms with Gasteiger partial charge in [0.05, 0.1) is 12.8 Å². The van der Waals surface area contributed by atoms with Gasteiger partial charge in [0.2, 0.25) is 0 Å². The Morgan fingerprint density at radius 3 is 2.70 bits per heavy atom. The van der Waals surface area contributed by atoms with Crippen molar-refractivity contribution in [3.05, 3.63) is 59.2 Å². The molecule has 0 saturated carbocycles. The van der Waals surface area contributed by atoms with E-state index in [4.69, 9.17) is 10.5 Å². The van der Waals surface area contributed by atoms with Crippen LogP contribution in [0.25, 0.3) is 0 Å². The zero-order chi connectivity index (χ0) is 14.7. The van der Waals surface area contributed by atoms with Gasteiger partial charge in [0, 0.05) is 12.0 Å². The Bertz CT molecular complexity index is 656. The molecule has 104 valence electrons. The lowest BCUT2D eigenvalue weighted by atomic mass is 10.0. The van der Waals surface area contributed by atoms with Gasteiger partial charge in [-0.3, -0.25) is 4.79 Å². The van der Waals surface area contributed by atoms with Gasteiger partial charge in [0.1, 0.15) is 17.4 Å². The molecule has 0 aliphatic carbocycles. The fraction of sp³-hybridized carbons (Fsp3) is 0.133. The van der Waals surface area contributed by atoms with Crippen LogP contribution in [0.1, 0.15) is 15.9 Å². The normalized spacial score (nSPS) is 10.3. The van der Waals surface area contributed by atoms with E-state index >= 15 is 0 Å². The van der Waals surface area contributed by atoms with Crippen LogP contribution in [0, 0.1) is 11.6 Å². The fourth-order valence-electron chi connectivity index (χ4n) is 1.91. The van der Waals surface area contributed by atoms with Crippen molar-refractivity contribution < 1.29 is 18.3 Å². The zero-order valence-electron chi connectivity index (χ0n) is 10.8. The zero-order valence-corrected chi connectivity index (χ0v) is 10.8. The molecule has 0 radical (unpaired) electrons. The van der Waals surface area contributed by atoms with Gasteiger partial charge in [0.25, 0.3) is 0 Å². The van der Waals surface area contributed by atoms with Crippen LogP contribution in [0.15, 0.2) is 36.4 Å². The van der Waals surface area contributed by atoms with Crippen LogP contribution >= 0.6 is 0 Å². The number of halogens is 2. The summed E-state index contributed by atoms with van der Waals surface area (Å²) in [6.07, 6.45) is -0.263. The molecule has 0 bridgehead atoms. The number of rotatable bonds is 4. The van der Waals surface area contributed by atoms with Crippen molar-refractivity contribution in [1.82, 2.24) is 0 Å². The van der Waals surface area contributed by atoms with Crippen LogP contribution in [0.4, 0.5) is 14.5 Å². The Hall–Kier alpha value is -2.43. The maximum Gasteiger partial charge on any atom is 0.169 e. The van der Waals surface area contributed by atoms with Crippen molar-refractivity contribution in [3.8, 4) is 5.75 Å². The van der Waals surface area contributed by atoms with E-state index < -0.39 is 17.4 Å². The molecule has 2 aromatic rings. The number of para-hydroxylation sites is 1. The molecule has 0 heterocycles. The Morgan fingerprint density at radius 1 is 1.25 bits per heavy atom. The lowest BCUT2D eigenvalue weighted by Crippen LogP contribution is -2.09. The molecule has 2 N–H and O–H groups in total. The van der Waals surface area contributed by atoms with Gasteiger partial charge >= 0.3 is 0 Å². The third-order valence-corrected chi connectivity index (χ3v) is 2.95. The van der Waals surface area contributed by atoms with Crippen LogP contribution in [0.3, 0.4) is 0 Å². The maximum atomic E-state index is 13.5. The molecule has 5 heteroatoms. The molecule has 0 unspecified atom stereocenters. The number of ether oxygens (including phenoxy) is 1. The summed E-state index contributed by atoms with van der Waals surface area (Å²) in [5.74, 6) is -1.24. The number of carbonyl (C=O) groups excluding carboxylic acids is 1. The quantitative estimate of drug-likeness (QED) is 0.690. The maximum absolute atomic E-state index is 13.5. The molecule has 0 aromatic heterocycles. The fourth-order valence-corrected chi connectivity index (χ4v) is 1.91. The number of Topliss-reactive ketones (excluding diaryl/α,β-unsaturated/α-hetero) is 1. The van der Waals surface area contributed by atoms with E-state index in [1.54, 1.807) is 12.1 Å². The van der Waals surface area contributed by atoms with Crippen LogP contribution in [0.2, 0.25) is 0 Å². The Labute approximate surface area is 115 Å². The molecule has 0 aliphatic heterocycles. The SMILES string of the molecule is COc1cccc(C(=O)Cc2cc(F)ccc2F)c1N. The first kappa shape index (κ1) is 14.0. The number of hydrogen-bond donors (Lipinski definition) is 1. The predicted octanol–water partition coefficient (Wildman–Crippen LogP) is 2.98. The van der Waals surface area contributed by atoms with Crippen molar-refractivity contribution in [3.63, 3.8) is 0 Å². The van der Waals surface area contributed by atoms with Gasteiger partial charge in [-0.15, -0.1) is 0 Å². The highest BCUT2D eigenvalue weighted by Gasteiger charge is 2.15. The molecule has 20 heavy (non-hydrogen) atoms. The number of carbonyl (C=O) groups is 1. The monoisotopic (exact) mass is 277 g/mol. The molecule has 2 rings (SSSR count). The summed E-state index contributed by atoms with van der Waals surface area (Å²) in [6.45, 7) is 0. The Balaban J connectivity index is 2.31. The van der Waals surface area contributed by atoms with E-state index in [1.165, 1.54) is 13.2 Å². The first-order valence-corrected chi connectivity index (χ1v) is 5.92. The highest BCUT2D eigenvalue weighted by Crippen LogP contribution is 2.26. The first-order chi connectivity index (χ1) is 9.52. The van der Waals surface area contributed by atoms with Gasteiger partial charge in [-0.05, 0) is 35.9 Å². The number of benzene rings is 2. The lowest BCUT2D eigenvalue weighted by molar-refractivity contribution is 0.0992. The third-order valence-electron chi connectivity index (χ3n) is 2.95. The predicted molar refractivity (Wildman–Crippen MR) is 71.8 cm³/mol. The largest absolute Gasteiger partial charge is 0.495 e. The number of hydrogen-bond acceptors (Lipinski definition) is 3. The average molecular weight is 277 g/mol. The highest BCUT2D eigenvalue weighted by molar-refractivity contribution is 6.03. The highest BCUT2D eigenvalue weighted by atomic mass is 19.1. The molecule has 0 amide bonds. The molecule has 0 atom stereocenters. The summed E-state index contributed by atoms with van der Waals surface area (Å²) >= 11 is 0. The summed E-state index contributed by atoms with van der Waals surface area (Å²) in [5, 5.41) is 0. The number of methoxy groups -OCH3 is 1. The molecule has 0 aliphatic rings. The van der Waals surface area contributed by atoms with Gasteiger partial charge in [-0.1, -0.05) is 6.07 Å². The Kier molecular flexibility index (Phi) is 3.98. The molecular weight excluding hydrogens is 264 g/mol. The summed E-state index contributed by atoms with van der Waals surface area (Å²) < 4.78 is 31.6. The van der Waals surface area contributed by atoms with E-state index in [2.05, 4.69) is 0 Å². The van der Waals surface area contributed by atoms with Crippen molar-refractivity contribution in [1.29, 1.82) is 0 Å². The van der Waals surface area contributed by atoms with Crippen LogP contribution in [-0.4, -0.2) is 12.9 Å². The molecule has 0 fully saturated rings. The van der Waals surface area contributed by atoms with Gasteiger partial charge in [-0.25, -0.2) is 8.78 Å². The standard InChI is InChI=1S/C15H13F2NO2/c1-20-14-4-2-3-11(15(14)18)13(19)8-9-7-10(16)5-6-12(9)17/h2-7H,8,18H2,1H3. The van der Waals surface area contributed by atoms with Crippen molar-refractivity contribution in [2.75, 3.05) is 12.8 Å². The molecule has 3 nitrogen and oxygen atoms in total. The second kappa shape index (κ2) is 5.69. The summed E-state index contributed by atoms with van der Waals surface area (Å²) in [4.78, 5) is 12.1. The number of nitrogen functional groups attached to an aromatic ring is 1. The average Bonchev–Trinajstić information content (AvgIpc) is 2.43. The van der Waals surface area contributed by atoms with Gasteiger partial charge < -0.3 is 10.5 Å². The van der Waals surface area contributed by atoms with Crippen LogP contribution < -0.4 is 10.5 Å². The van der Waals surface area contributed by atoms with Gasteiger partial charge in [0.15, 0.2) is 5.78 Å². The number of ketones is 1. The molecule has 0 saturated heterocycles. The third kappa shape index (κ3) is 2.77. The second-order valence-electron chi connectivity index (χ2n) is 4.26. The van der Waals surface area contributed by atoms with Gasteiger partial charge in [-0.2, -0.15) is 0 Å². The topological polar surface area (TPSA) is 52.3 Å². The molecular formula is C15H13F2NO2. The Morgan fingerprint density at radius 2 is 2.00 bits per heavy atom. The smallest absolute Gasteiger partial charge is 0.169 e.